The van der Waals surface area contributed by atoms with Gasteiger partial charge in [0.2, 0.25) is 0 Å². The second-order valence-electron chi connectivity index (χ2n) is 9.45. The van der Waals surface area contributed by atoms with Gasteiger partial charge in [-0.3, -0.25) is 4.90 Å². The van der Waals surface area contributed by atoms with Crippen LogP contribution < -0.4 is 5.32 Å². The van der Waals surface area contributed by atoms with Crippen molar-refractivity contribution >= 4 is 5.69 Å². The Bertz CT molecular complexity index is 615. The van der Waals surface area contributed by atoms with E-state index in [4.69, 9.17) is 0 Å². The lowest BCUT2D eigenvalue weighted by Gasteiger charge is -2.49. The zero-order valence-corrected chi connectivity index (χ0v) is 15.9. The van der Waals surface area contributed by atoms with Crippen molar-refractivity contribution in [2.24, 2.45) is 11.8 Å². The molecule has 0 amide bonds. The first-order valence-electron chi connectivity index (χ1n) is 10.8. The number of nitrogens with zero attached hydrogens (tertiary/aromatic N) is 1. The summed E-state index contributed by atoms with van der Waals surface area (Å²) in [6.07, 6.45) is 13.2. The van der Waals surface area contributed by atoms with E-state index in [0.29, 0.717) is 5.41 Å². The van der Waals surface area contributed by atoms with E-state index in [1.807, 2.05) is 0 Å². The molecular formula is C23H34N2. The number of benzene rings is 1. The Morgan fingerprint density at radius 1 is 0.960 bits per heavy atom. The minimum atomic E-state index is 0.414. The summed E-state index contributed by atoms with van der Waals surface area (Å²) in [6.45, 7) is 6.06. The maximum Gasteiger partial charge on any atom is 0.0379 e. The molecule has 1 N–H and O–H groups in total. The molecule has 136 valence electrons. The highest BCUT2D eigenvalue weighted by Gasteiger charge is 2.45. The molecule has 2 heterocycles. The van der Waals surface area contributed by atoms with Gasteiger partial charge in [0, 0.05) is 23.7 Å². The summed E-state index contributed by atoms with van der Waals surface area (Å²) in [5.41, 5.74) is 4.86. The van der Waals surface area contributed by atoms with Crippen LogP contribution in [0.3, 0.4) is 0 Å². The van der Waals surface area contributed by atoms with Crippen molar-refractivity contribution in [3.8, 4) is 0 Å². The summed E-state index contributed by atoms with van der Waals surface area (Å²) in [5, 5.41) is 3.71. The predicted octanol–water partition coefficient (Wildman–Crippen LogP) is 5.11. The topological polar surface area (TPSA) is 15.3 Å². The summed E-state index contributed by atoms with van der Waals surface area (Å²) in [4.78, 5) is 2.94. The van der Waals surface area contributed by atoms with E-state index in [0.717, 1.165) is 24.4 Å². The summed E-state index contributed by atoms with van der Waals surface area (Å²) in [6, 6.07) is 7.94. The van der Waals surface area contributed by atoms with E-state index in [2.05, 4.69) is 35.3 Å². The number of rotatable bonds is 1. The average Bonchev–Trinajstić information content (AvgIpc) is 2.91. The predicted molar refractivity (Wildman–Crippen MR) is 105 cm³/mol. The van der Waals surface area contributed by atoms with E-state index < -0.39 is 0 Å². The lowest BCUT2D eigenvalue weighted by atomic mass is 9.71. The molecule has 0 aromatic heterocycles. The Hall–Kier alpha value is -1.02. The van der Waals surface area contributed by atoms with E-state index in [1.54, 1.807) is 5.56 Å². The van der Waals surface area contributed by atoms with Crippen LogP contribution in [-0.2, 0) is 5.41 Å². The van der Waals surface area contributed by atoms with Gasteiger partial charge in [-0.2, -0.15) is 0 Å². The van der Waals surface area contributed by atoms with Crippen LogP contribution in [0.1, 0.15) is 68.9 Å². The minimum Gasteiger partial charge on any atom is -0.384 e. The molecule has 2 aliphatic carbocycles. The highest BCUT2D eigenvalue weighted by Crippen LogP contribution is 2.47. The fourth-order valence-corrected chi connectivity index (χ4v) is 6.72. The molecule has 2 aliphatic heterocycles. The number of anilines is 1. The fourth-order valence-electron chi connectivity index (χ4n) is 6.72. The van der Waals surface area contributed by atoms with Gasteiger partial charge in [0.05, 0.1) is 0 Å². The molecule has 2 saturated carbocycles. The molecule has 2 unspecified atom stereocenters. The molecule has 1 saturated heterocycles. The number of aryl methyl sites for hydroxylation is 1. The number of fused-ring (bicyclic) bond motifs is 4. The summed E-state index contributed by atoms with van der Waals surface area (Å²) < 4.78 is 0. The first-order valence-corrected chi connectivity index (χ1v) is 10.8. The first kappa shape index (κ1) is 16.2. The summed E-state index contributed by atoms with van der Waals surface area (Å²) in [7, 11) is 0. The Kier molecular flexibility index (Phi) is 4.08. The molecule has 3 fully saturated rings. The molecule has 5 rings (SSSR count). The minimum absolute atomic E-state index is 0.414. The molecule has 4 aliphatic rings. The van der Waals surface area contributed by atoms with Crippen LogP contribution in [0.4, 0.5) is 5.69 Å². The number of hydrogen-bond donors (Lipinski definition) is 1. The van der Waals surface area contributed by atoms with Crippen molar-refractivity contribution in [2.45, 2.75) is 76.2 Å². The van der Waals surface area contributed by atoms with E-state index in [9.17, 15) is 0 Å². The molecule has 2 nitrogen and oxygen atoms in total. The summed E-state index contributed by atoms with van der Waals surface area (Å²) >= 11 is 0. The maximum absolute atomic E-state index is 3.71. The molecule has 0 radical (unpaired) electrons. The highest BCUT2D eigenvalue weighted by atomic mass is 15.2. The molecule has 2 atom stereocenters. The van der Waals surface area contributed by atoms with E-state index in [1.165, 1.54) is 82.1 Å². The van der Waals surface area contributed by atoms with Gasteiger partial charge in [-0.1, -0.05) is 37.0 Å². The molecule has 1 spiro atoms. The van der Waals surface area contributed by atoms with E-state index >= 15 is 0 Å². The molecular weight excluding hydrogens is 304 g/mol. The normalized spacial score (nSPS) is 34.4. The monoisotopic (exact) mass is 338 g/mol. The molecule has 2 heteroatoms. The van der Waals surface area contributed by atoms with Gasteiger partial charge in [-0.25, -0.2) is 0 Å². The Morgan fingerprint density at radius 2 is 1.64 bits per heavy atom. The van der Waals surface area contributed by atoms with E-state index in [-0.39, 0.29) is 0 Å². The van der Waals surface area contributed by atoms with Gasteiger partial charge in [0.1, 0.15) is 0 Å². The van der Waals surface area contributed by atoms with Crippen molar-refractivity contribution in [1.82, 2.24) is 4.90 Å². The van der Waals surface area contributed by atoms with Crippen LogP contribution in [0, 0.1) is 18.8 Å². The van der Waals surface area contributed by atoms with Crippen molar-refractivity contribution < 1.29 is 0 Å². The molecule has 25 heavy (non-hydrogen) atoms. The van der Waals surface area contributed by atoms with Crippen molar-refractivity contribution in [1.29, 1.82) is 0 Å². The number of likely N-dealkylation sites (tertiary alicyclic amines) is 1. The Morgan fingerprint density at radius 3 is 2.36 bits per heavy atom. The van der Waals surface area contributed by atoms with Gasteiger partial charge < -0.3 is 5.32 Å². The van der Waals surface area contributed by atoms with Crippen molar-refractivity contribution in [3.63, 3.8) is 0 Å². The third-order valence-corrected chi connectivity index (χ3v) is 8.06. The zero-order chi connectivity index (χ0) is 16.9. The Balaban J connectivity index is 1.35. The second-order valence-corrected chi connectivity index (χ2v) is 9.45. The van der Waals surface area contributed by atoms with Crippen molar-refractivity contribution in [3.05, 3.63) is 29.3 Å². The lowest BCUT2D eigenvalue weighted by Crippen LogP contribution is -2.53. The number of hydrogen-bond acceptors (Lipinski definition) is 2. The van der Waals surface area contributed by atoms with Gasteiger partial charge in [0.25, 0.3) is 0 Å². The van der Waals surface area contributed by atoms with Crippen LogP contribution in [0.25, 0.3) is 0 Å². The second kappa shape index (κ2) is 6.30. The van der Waals surface area contributed by atoms with Crippen LogP contribution in [0.2, 0.25) is 0 Å². The van der Waals surface area contributed by atoms with Gasteiger partial charge in [0.15, 0.2) is 0 Å². The standard InChI is InChI=1S/C23H34N2/c1-17-9-10-21-20(15-17)23(16-24-21)11-13-25(14-12-23)22-18-5-2-3-6-19(22)8-4-7-18/h9-10,15,18-19,22,24H,2-8,11-14,16H2,1H3. The number of nitrogens with one attached hydrogen (secondary N) is 1. The van der Waals surface area contributed by atoms with Crippen LogP contribution in [0.15, 0.2) is 18.2 Å². The molecule has 1 aromatic rings. The van der Waals surface area contributed by atoms with Gasteiger partial charge in [-0.15, -0.1) is 0 Å². The highest BCUT2D eigenvalue weighted by molar-refractivity contribution is 5.61. The zero-order valence-electron chi connectivity index (χ0n) is 15.9. The number of piperidine rings is 1. The van der Waals surface area contributed by atoms with Gasteiger partial charge in [-0.05, 0) is 82.0 Å². The van der Waals surface area contributed by atoms with Crippen molar-refractivity contribution in [2.75, 3.05) is 25.0 Å². The average molecular weight is 339 g/mol. The molecule has 1 aromatic carbocycles. The lowest BCUT2D eigenvalue weighted by molar-refractivity contribution is 0.0268. The third kappa shape index (κ3) is 2.72. The quantitative estimate of drug-likeness (QED) is 0.765. The van der Waals surface area contributed by atoms with Crippen LogP contribution in [-0.4, -0.2) is 30.6 Å². The van der Waals surface area contributed by atoms with Gasteiger partial charge >= 0.3 is 0 Å². The first-order chi connectivity index (χ1) is 12.3. The maximum atomic E-state index is 3.71. The molecule has 2 bridgehead atoms. The SMILES string of the molecule is Cc1ccc2c(c1)C1(CCN(C3C4CCCCC3CCC4)CC1)CN2. The van der Waals surface area contributed by atoms with Crippen LogP contribution in [0.5, 0.6) is 0 Å². The Labute approximate surface area is 153 Å². The smallest absolute Gasteiger partial charge is 0.0379 e. The fraction of sp³-hybridized carbons (Fsp3) is 0.739. The summed E-state index contributed by atoms with van der Waals surface area (Å²) in [5.74, 6) is 2.01. The third-order valence-electron chi connectivity index (χ3n) is 8.06. The largest absolute Gasteiger partial charge is 0.384 e. The van der Waals surface area contributed by atoms with Crippen LogP contribution >= 0.6 is 0 Å².